The van der Waals surface area contributed by atoms with Crippen molar-refractivity contribution in [3.05, 3.63) is 53.9 Å². The molecule has 2 rings (SSSR count). The standard InChI is InChI=1S/C14H14N2OS/c1-10-3-4-11(9-15-10)14(17)16-12-5-7-13(18-2)8-6-12/h3-9H,1-2H3,(H,16,17). The number of hydrogen-bond acceptors (Lipinski definition) is 3. The largest absolute Gasteiger partial charge is 0.322 e. The molecule has 1 aromatic carbocycles. The summed E-state index contributed by atoms with van der Waals surface area (Å²) in [4.78, 5) is 17.2. The van der Waals surface area contributed by atoms with Crippen molar-refractivity contribution in [2.24, 2.45) is 0 Å². The third-order valence-corrected chi connectivity index (χ3v) is 3.27. The Hall–Kier alpha value is -1.81. The van der Waals surface area contributed by atoms with Crippen LogP contribution in [-0.2, 0) is 0 Å². The molecule has 0 fully saturated rings. The molecule has 0 atom stereocenters. The first kappa shape index (κ1) is 12.6. The number of rotatable bonds is 3. The normalized spacial score (nSPS) is 10.1. The third-order valence-electron chi connectivity index (χ3n) is 2.52. The quantitative estimate of drug-likeness (QED) is 0.858. The molecule has 0 spiro atoms. The molecule has 1 amide bonds. The smallest absolute Gasteiger partial charge is 0.257 e. The number of carbonyl (C=O) groups is 1. The molecule has 0 unspecified atom stereocenters. The molecule has 92 valence electrons. The molecule has 0 aliphatic carbocycles. The molecule has 2 aromatic rings. The molecule has 1 N–H and O–H groups in total. The lowest BCUT2D eigenvalue weighted by Gasteiger charge is -2.05. The van der Waals surface area contributed by atoms with Crippen LogP contribution in [0.5, 0.6) is 0 Å². The van der Waals surface area contributed by atoms with Gasteiger partial charge in [0.05, 0.1) is 5.56 Å². The maximum Gasteiger partial charge on any atom is 0.257 e. The first-order chi connectivity index (χ1) is 8.69. The number of aromatic nitrogens is 1. The molecule has 4 heteroatoms. The topological polar surface area (TPSA) is 42.0 Å². The van der Waals surface area contributed by atoms with Crippen molar-refractivity contribution < 1.29 is 4.79 Å². The van der Waals surface area contributed by atoms with E-state index in [4.69, 9.17) is 0 Å². The number of pyridine rings is 1. The van der Waals surface area contributed by atoms with E-state index in [9.17, 15) is 4.79 Å². The van der Waals surface area contributed by atoms with Crippen molar-refractivity contribution in [2.75, 3.05) is 11.6 Å². The molecule has 0 aliphatic heterocycles. The van der Waals surface area contributed by atoms with Gasteiger partial charge in [-0.2, -0.15) is 0 Å². The average molecular weight is 258 g/mol. The van der Waals surface area contributed by atoms with Crippen LogP contribution >= 0.6 is 11.8 Å². The maximum atomic E-state index is 11.9. The van der Waals surface area contributed by atoms with E-state index < -0.39 is 0 Å². The molecule has 18 heavy (non-hydrogen) atoms. The van der Waals surface area contributed by atoms with Gasteiger partial charge in [-0.1, -0.05) is 0 Å². The molecule has 3 nitrogen and oxygen atoms in total. The minimum Gasteiger partial charge on any atom is -0.322 e. The predicted octanol–water partition coefficient (Wildman–Crippen LogP) is 3.36. The second-order valence-corrected chi connectivity index (χ2v) is 4.75. The van der Waals surface area contributed by atoms with E-state index in [1.807, 2.05) is 43.5 Å². The Morgan fingerprint density at radius 2 is 1.89 bits per heavy atom. The van der Waals surface area contributed by atoms with Gasteiger partial charge in [0.15, 0.2) is 0 Å². The summed E-state index contributed by atoms with van der Waals surface area (Å²) in [5, 5.41) is 2.84. The zero-order chi connectivity index (χ0) is 13.0. The first-order valence-corrected chi connectivity index (χ1v) is 6.79. The number of anilines is 1. The van der Waals surface area contributed by atoms with Crippen LogP contribution in [0.2, 0.25) is 0 Å². The van der Waals surface area contributed by atoms with E-state index in [1.54, 1.807) is 24.0 Å². The zero-order valence-corrected chi connectivity index (χ0v) is 11.1. The summed E-state index contributed by atoms with van der Waals surface area (Å²) in [7, 11) is 0. The molecule has 0 radical (unpaired) electrons. The van der Waals surface area contributed by atoms with Gasteiger partial charge in [-0.25, -0.2) is 0 Å². The summed E-state index contributed by atoms with van der Waals surface area (Å²) >= 11 is 1.67. The Bertz CT molecular complexity index is 535. The van der Waals surface area contributed by atoms with Gasteiger partial charge in [-0.05, 0) is 49.6 Å². The van der Waals surface area contributed by atoms with Crippen molar-refractivity contribution in [1.82, 2.24) is 4.98 Å². The van der Waals surface area contributed by atoms with Crippen LogP contribution in [0.4, 0.5) is 5.69 Å². The average Bonchev–Trinajstić information content (AvgIpc) is 2.40. The van der Waals surface area contributed by atoms with E-state index in [2.05, 4.69) is 10.3 Å². The van der Waals surface area contributed by atoms with Crippen LogP contribution in [0.25, 0.3) is 0 Å². The van der Waals surface area contributed by atoms with Crippen LogP contribution in [0, 0.1) is 6.92 Å². The van der Waals surface area contributed by atoms with Crippen molar-refractivity contribution in [1.29, 1.82) is 0 Å². The lowest BCUT2D eigenvalue weighted by atomic mass is 10.2. The van der Waals surface area contributed by atoms with Gasteiger partial charge in [0, 0.05) is 22.5 Å². The third kappa shape index (κ3) is 3.11. The number of thioether (sulfide) groups is 1. The minimum absolute atomic E-state index is 0.139. The van der Waals surface area contributed by atoms with Crippen LogP contribution in [0.15, 0.2) is 47.5 Å². The molecule has 1 aromatic heterocycles. The predicted molar refractivity (Wildman–Crippen MR) is 75.2 cm³/mol. The number of nitrogens with one attached hydrogen (secondary N) is 1. The van der Waals surface area contributed by atoms with E-state index in [0.717, 1.165) is 11.4 Å². The summed E-state index contributed by atoms with van der Waals surface area (Å²) in [5.41, 5.74) is 2.25. The van der Waals surface area contributed by atoms with E-state index in [0.29, 0.717) is 5.56 Å². The van der Waals surface area contributed by atoms with Crippen LogP contribution in [-0.4, -0.2) is 17.1 Å². The molecular formula is C14H14N2OS. The highest BCUT2D eigenvalue weighted by Gasteiger charge is 2.05. The summed E-state index contributed by atoms with van der Waals surface area (Å²) in [6.07, 6.45) is 3.60. The lowest BCUT2D eigenvalue weighted by molar-refractivity contribution is 0.102. The fourth-order valence-electron chi connectivity index (χ4n) is 1.48. The van der Waals surface area contributed by atoms with Crippen LogP contribution in [0.1, 0.15) is 16.1 Å². The van der Waals surface area contributed by atoms with Gasteiger partial charge in [0.25, 0.3) is 5.91 Å². The Morgan fingerprint density at radius 3 is 2.44 bits per heavy atom. The van der Waals surface area contributed by atoms with Gasteiger partial charge in [-0.3, -0.25) is 9.78 Å². The first-order valence-electron chi connectivity index (χ1n) is 5.57. The molecular weight excluding hydrogens is 244 g/mol. The summed E-state index contributed by atoms with van der Waals surface area (Å²) < 4.78 is 0. The van der Waals surface area contributed by atoms with E-state index >= 15 is 0 Å². The lowest BCUT2D eigenvalue weighted by Crippen LogP contribution is -2.12. The van der Waals surface area contributed by atoms with Gasteiger partial charge in [0.2, 0.25) is 0 Å². The number of carbonyl (C=O) groups excluding carboxylic acids is 1. The summed E-state index contributed by atoms with van der Waals surface area (Å²) in [6, 6.07) is 11.3. The van der Waals surface area contributed by atoms with Crippen molar-refractivity contribution in [2.45, 2.75) is 11.8 Å². The Morgan fingerprint density at radius 1 is 1.17 bits per heavy atom. The summed E-state index contributed by atoms with van der Waals surface area (Å²) in [6.45, 7) is 1.89. The van der Waals surface area contributed by atoms with E-state index in [1.165, 1.54) is 4.90 Å². The Balaban J connectivity index is 2.08. The number of nitrogens with zero attached hydrogens (tertiary/aromatic N) is 1. The Kier molecular flexibility index (Phi) is 3.99. The summed E-state index contributed by atoms with van der Waals surface area (Å²) in [5.74, 6) is -0.139. The minimum atomic E-state index is -0.139. The zero-order valence-electron chi connectivity index (χ0n) is 10.3. The van der Waals surface area contributed by atoms with Crippen LogP contribution < -0.4 is 5.32 Å². The number of amides is 1. The van der Waals surface area contributed by atoms with Gasteiger partial charge >= 0.3 is 0 Å². The van der Waals surface area contributed by atoms with Crippen LogP contribution in [0.3, 0.4) is 0 Å². The van der Waals surface area contributed by atoms with Crippen molar-refractivity contribution >= 4 is 23.4 Å². The molecule has 0 saturated heterocycles. The van der Waals surface area contributed by atoms with Gasteiger partial charge < -0.3 is 5.32 Å². The van der Waals surface area contributed by atoms with Gasteiger partial charge in [0.1, 0.15) is 0 Å². The highest BCUT2D eigenvalue weighted by Crippen LogP contribution is 2.17. The molecule has 0 aliphatic rings. The second kappa shape index (κ2) is 5.69. The number of benzene rings is 1. The van der Waals surface area contributed by atoms with Crippen molar-refractivity contribution in [3.63, 3.8) is 0 Å². The molecule has 0 saturated carbocycles. The highest BCUT2D eigenvalue weighted by molar-refractivity contribution is 7.98. The number of hydrogen-bond donors (Lipinski definition) is 1. The molecule has 0 bridgehead atoms. The van der Waals surface area contributed by atoms with Crippen molar-refractivity contribution in [3.8, 4) is 0 Å². The Labute approximate surface area is 111 Å². The van der Waals surface area contributed by atoms with E-state index in [-0.39, 0.29) is 5.91 Å². The fourth-order valence-corrected chi connectivity index (χ4v) is 1.89. The SMILES string of the molecule is CSc1ccc(NC(=O)c2ccc(C)nc2)cc1. The maximum absolute atomic E-state index is 11.9. The monoisotopic (exact) mass is 258 g/mol. The fraction of sp³-hybridized carbons (Fsp3) is 0.143. The number of aryl methyl sites for hydroxylation is 1. The second-order valence-electron chi connectivity index (χ2n) is 3.87. The molecule has 1 heterocycles. The highest BCUT2D eigenvalue weighted by atomic mass is 32.2. The van der Waals surface area contributed by atoms with Gasteiger partial charge in [-0.15, -0.1) is 11.8 Å².